The molecule has 0 bridgehead atoms. The SMILES string of the molecule is CCCC1C(=O)NCC(=O)N1C1CCCC1. The Bertz CT molecular complexity index is 285. The zero-order chi connectivity index (χ0) is 11.5. The Morgan fingerprint density at radius 1 is 1.31 bits per heavy atom. The number of nitrogens with zero attached hydrogens (tertiary/aromatic N) is 1. The van der Waals surface area contributed by atoms with Crippen molar-refractivity contribution in [2.45, 2.75) is 57.5 Å². The molecule has 0 radical (unpaired) electrons. The Labute approximate surface area is 96.4 Å². The van der Waals surface area contributed by atoms with Crippen LogP contribution in [-0.2, 0) is 9.59 Å². The van der Waals surface area contributed by atoms with Gasteiger partial charge in [-0.1, -0.05) is 26.2 Å². The molecule has 1 saturated carbocycles. The smallest absolute Gasteiger partial charge is 0.243 e. The number of rotatable bonds is 3. The van der Waals surface area contributed by atoms with Crippen molar-refractivity contribution in [1.82, 2.24) is 10.2 Å². The minimum absolute atomic E-state index is 0.0355. The maximum absolute atomic E-state index is 11.9. The fourth-order valence-corrected chi connectivity index (χ4v) is 2.86. The van der Waals surface area contributed by atoms with E-state index in [-0.39, 0.29) is 24.4 Å². The maximum atomic E-state index is 11.9. The molecule has 2 amide bonds. The van der Waals surface area contributed by atoms with Gasteiger partial charge in [-0.25, -0.2) is 0 Å². The summed E-state index contributed by atoms with van der Waals surface area (Å²) < 4.78 is 0. The van der Waals surface area contributed by atoms with Crippen LogP contribution >= 0.6 is 0 Å². The van der Waals surface area contributed by atoms with Crippen LogP contribution in [0, 0.1) is 0 Å². The number of amides is 2. The van der Waals surface area contributed by atoms with Crippen LogP contribution in [0.2, 0.25) is 0 Å². The van der Waals surface area contributed by atoms with Crippen molar-refractivity contribution in [1.29, 1.82) is 0 Å². The highest BCUT2D eigenvalue weighted by atomic mass is 16.2. The molecule has 1 atom stereocenters. The molecule has 4 nitrogen and oxygen atoms in total. The van der Waals surface area contributed by atoms with Crippen molar-refractivity contribution in [2.75, 3.05) is 6.54 Å². The van der Waals surface area contributed by atoms with Gasteiger partial charge in [-0.05, 0) is 19.3 Å². The number of nitrogens with one attached hydrogen (secondary N) is 1. The van der Waals surface area contributed by atoms with Gasteiger partial charge in [-0.15, -0.1) is 0 Å². The van der Waals surface area contributed by atoms with Gasteiger partial charge < -0.3 is 10.2 Å². The standard InChI is InChI=1S/C12H20N2O2/c1-2-5-10-12(16)13-8-11(15)14(10)9-6-3-4-7-9/h9-10H,2-8H2,1H3,(H,13,16). The quantitative estimate of drug-likeness (QED) is 0.779. The molecule has 1 N–H and O–H groups in total. The van der Waals surface area contributed by atoms with Gasteiger partial charge in [-0.2, -0.15) is 0 Å². The molecule has 0 aromatic heterocycles. The predicted molar refractivity (Wildman–Crippen MR) is 60.8 cm³/mol. The molecule has 2 rings (SSSR count). The molecule has 1 unspecified atom stereocenters. The molecular weight excluding hydrogens is 204 g/mol. The second-order valence-corrected chi connectivity index (χ2v) is 4.76. The molecule has 1 saturated heterocycles. The largest absolute Gasteiger partial charge is 0.345 e. The number of carbonyl (C=O) groups is 2. The number of carbonyl (C=O) groups excluding carboxylic acids is 2. The van der Waals surface area contributed by atoms with E-state index in [1.165, 1.54) is 12.8 Å². The molecule has 1 heterocycles. The molecule has 16 heavy (non-hydrogen) atoms. The third-order valence-electron chi connectivity index (χ3n) is 3.62. The minimum atomic E-state index is -0.214. The van der Waals surface area contributed by atoms with Crippen LogP contribution in [0.25, 0.3) is 0 Å². The lowest BCUT2D eigenvalue weighted by Crippen LogP contribution is -2.60. The summed E-state index contributed by atoms with van der Waals surface area (Å²) in [5.74, 6) is 0.137. The molecule has 2 fully saturated rings. The number of piperazine rings is 1. The summed E-state index contributed by atoms with van der Waals surface area (Å²) in [6.45, 7) is 2.24. The molecule has 0 aromatic carbocycles. The first kappa shape index (κ1) is 11.4. The average Bonchev–Trinajstić information content (AvgIpc) is 2.77. The highest BCUT2D eigenvalue weighted by molar-refractivity contribution is 5.95. The predicted octanol–water partition coefficient (Wildman–Crippen LogP) is 1.06. The molecule has 0 aromatic rings. The second-order valence-electron chi connectivity index (χ2n) is 4.76. The van der Waals surface area contributed by atoms with E-state index < -0.39 is 0 Å². The Morgan fingerprint density at radius 3 is 2.62 bits per heavy atom. The Hall–Kier alpha value is -1.06. The third kappa shape index (κ3) is 2.06. The van der Waals surface area contributed by atoms with Gasteiger partial charge in [0.2, 0.25) is 11.8 Å². The monoisotopic (exact) mass is 224 g/mol. The zero-order valence-electron chi connectivity index (χ0n) is 9.87. The van der Waals surface area contributed by atoms with Gasteiger partial charge in [0.25, 0.3) is 0 Å². The average molecular weight is 224 g/mol. The normalized spacial score (nSPS) is 27.3. The van der Waals surface area contributed by atoms with Crippen molar-refractivity contribution in [3.8, 4) is 0 Å². The van der Waals surface area contributed by atoms with Gasteiger partial charge in [0.15, 0.2) is 0 Å². The molecular formula is C12H20N2O2. The third-order valence-corrected chi connectivity index (χ3v) is 3.62. The summed E-state index contributed by atoms with van der Waals surface area (Å²) in [5, 5.41) is 2.69. The topological polar surface area (TPSA) is 49.4 Å². The van der Waals surface area contributed by atoms with E-state index in [4.69, 9.17) is 0 Å². The van der Waals surface area contributed by atoms with Crippen molar-refractivity contribution >= 4 is 11.8 Å². The first-order valence-electron chi connectivity index (χ1n) is 6.33. The van der Waals surface area contributed by atoms with Gasteiger partial charge >= 0.3 is 0 Å². The Kier molecular flexibility index (Phi) is 3.46. The van der Waals surface area contributed by atoms with E-state index in [0.29, 0.717) is 6.04 Å². The van der Waals surface area contributed by atoms with Crippen LogP contribution < -0.4 is 5.32 Å². The van der Waals surface area contributed by atoms with Crippen molar-refractivity contribution in [3.63, 3.8) is 0 Å². The Balaban J connectivity index is 2.13. The van der Waals surface area contributed by atoms with Crippen LogP contribution in [-0.4, -0.2) is 35.3 Å². The van der Waals surface area contributed by atoms with E-state index in [2.05, 4.69) is 12.2 Å². The number of hydrogen-bond acceptors (Lipinski definition) is 2. The summed E-state index contributed by atoms with van der Waals surface area (Å²) in [6, 6.07) is 0.101. The fraction of sp³-hybridized carbons (Fsp3) is 0.833. The maximum Gasteiger partial charge on any atom is 0.243 e. The van der Waals surface area contributed by atoms with Crippen LogP contribution in [0.15, 0.2) is 0 Å². The highest BCUT2D eigenvalue weighted by Gasteiger charge is 2.38. The molecule has 2 aliphatic rings. The van der Waals surface area contributed by atoms with Gasteiger partial charge in [-0.3, -0.25) is 9.59 Å². The molecule has 90 valence electrons. The lowest BCUT2D eigenvalue weighted by Gasteiger charge is -2.39. The summed E-state index contributed by atoms with van der Waals surface area (Å²) >= 11 is 0. The van der Waals surface area contributed by atoms with Crippen LogP contribution in [0.4, 0.5) is 0 Å². The Morgan fingerprint density at radius 2 is 2.00 bits per heavy atom. The van der Waals surface area contributed by atoms with Crippen molar-refractivity contribution in [3.05, 3.63) is 0 Å². The van der Waals surface area contributed by atoms with Gasteiger partial charge in [0, 0.05) is 6.04 Å². The van der Waals surface area contributed by atoms with E-state index in [0.717, 1.165) is 25.7 Å². The van der Waals surface area contributed by atoms with Crippen molar-refractivity contribution < 1.29 is 9.59 Å². The lowest BCUT2D eigenvalue weighted by molar-refractivity contribution is -0.148. The van der Waals surface area contributed by atoms with Gasteiger partial charge in [0.05, 0.1) is 6.54 Å². The van der Waals surface area contributed by atoms with Gasteiger partial charge in [0.1, 0.15) is 6.04 Å². The number of hydrogen-bond donors (Lipinski definition) is 1. The molecule has 4 heteroatoms. The second kappa shape index (κ2) is 4.85. The molecule has 1 aliphatic carbocycles. The highest BCUT2D eigenvalue weighted by Crippen LogP contribution is 2.27. The first-order valence-corrected chi connectivity index (χ1v) is 6.33. The van der Waals surface area contributed by atoms with E-state index >= 15 is 0 Å². The van der Waals surface area contributed by atoms with E-state index in [9.17, 15) is 9.59 Å². The summed E-state index contributed by atoms with van der Waals surface area (Å²) in [6.07, 6.45) is 6.24. The van der Waals surface area contributed by atoms with Crippen LogP contribution in [0.3, 0.4) is 0 Å². The summed E-state index contributed by atoms with van der Waals surface area (Å²) in [5.41, 5.74) is 0. The molecule has 0 spiro atoms. The fourth-order valence-electron chi connectivity index (χ4n) is 2.86. The van der Waals surface area contributed by atoms with E-state index in [1.807, 2.05) is 4.90 Å². The van der Waals surface area contributed by atoms with Crippen molar-refractivity contribution in [2.24, 2.45) is 0 Å². The minimum Gasteiger partial charge on any atom is -0.345 e. The van der Waals surface area contributed by atoms with E-state index in [1.54, 1.807) is 0 Å². The van der Waals surface area contributed by atoms with Crippen LogP contribution in [0.5, 0.6) is 0 Å². The summed E-state index contributed by atoms with van der Waals surface area (Å²) in [4.78, 5) is 25.6. The zero-order valence-corrected chi connectivity index (χ0v) is 9.87. The molecule has 1 aliphatic heterocycles. The van der Waals surface area contributed by atoms with Crippen LogP contribution in [0.1, 0.15) is 45.4 Å². The summed E-state index contributed by atoms with van der Waals surface area (Å²) in [7, 11) is 0. The lowest BCUT2D eigenvalue weighted by atomic mass is 10.0. The first-order chi connectivity index (χ1) is 7.74.